The number of allylic oxidation sites excluding steroid dienone is 2. The smallest absolute Gasteiger partial charge is 0.0140 e. The molecule has 0 rings (SSSR count). The van der Waals surface area contributed by atoms with Crippen molar-refractivity contribution in [2.45, 2.75) is 48.5 Å². The van der Waals surface area contributed by atoms with E-state index in [1.54, 1.807) is 0 Å². The van der Waals surface area contributed by atoms with Crippen LogP contribution in [0.4, 0.5) is 0 Å². The van der Waals surface area contributed by atoms with Crippen LogP contribution in [0.5, 0.6) is 0 Å². The highest BCUT2D eigenvalue weighted by Gasteiger charge is 2.29. The van der Waals surface area contributed by atoms with Gasteiger partial charge in [0, 0.05) is 13.1 Å². The van der Waals surface area contributed by atoms with Gasteiger partial charge in [0.15, 0.2) is 0 Å². The molecule has 17 heavy (non-hydrogen) atoms. The predicted octanol–water partition coefficient (Wildman–Crippen LogP) is 3.24. The van der Waals surface area contributed by atoms with Crippen LogP contribution in [0.2, 0.25) is 0 Å². The van der Waals surface area contributed by atoms with Gasteiger partial charge in [-0.05, 0) is 28.9 Å². The molecule has 0 saturated heterocycles. The summed E-state index contributed by atoms with van der Waals surface area (Å²) in [5.41, 5.74) is 15.7. The summed E-state index contributed by atoms with van der Waals surface area (Å²) in [5.74, 6) is 0. The molecular weight excluding hydrogens is 208 g/mol. The second kappa shape index (κ2) is 5.83. The van der Waals surface area contributed by atoms with Crippen molar-refractivity contribution in [2.24, 2.45) is 22.3 Å². The van der Waals surface area contributed by atoms with Gasteiger partial charge in [-0.2, -0.15) is 0 Å². The van der Waals surface area contributed by atoms with Crippen molar-refractivity contribution in [1.29, 1.82) is 0 Å². The maximum Gasteiger partial charge on any atom is 0.0140 e. The van der Waals surface area contributed by atoms with Crippen molar-refractivity contribution in [3.05, 3.63) is 22.8 Å². The Morgan fingerprint density at radius 1 is 0.941 bits per heavy atom. The van der Waals surface area contributed by atoms with E-state index in [1.807, 2.05) is 0 Å². The van der Waals surface area contributed by atoms with Crippen LogP contribution in [0.15, 0.2) is 22.8 Å². The molecule has 0 amide bonds. The van der Waals surface area contributed by atoms with Gasteiger partial charge in [0.2, 0.25) is 0 Å². The van der Waals surface area contributed by atoms with Crippen LogP contribution in [0.1, 0.15) is 48.5 Å². The molecule has 0 aromatic rings. The van der Waals surface area contributed by atoms with E-state index in [9.17, 15) is 0 Å². The van der Waals surface area contributed by atoms with Gasteiger partial charge in [-0.25, -0.2) is 0 Å². The van der Waals surface area contributed by atoms with E-state index in [0.717, 1.165) is 0 Å². The Morgan fingerprint density at radius 2 is 1.41 bits per heavy atom. The van der Waals surface area contributed by atoms with Crippen LogP contribution >= 0.6 is 0 Å². The van der Waals surface area contributed by atoms with Gasteiger partial charge in [-0.1, -0.05) is 53.2 Å². The Bertz CT molecular complexity index is 309. The molecule has 0 aliphatic heterocycles. The summed E-state index contributed by atoms with van der Waals surface area (Å²) in [4.78, 5) is 0. The lowest BCUT2D eigenvalue weighted by atomic mass is 9.70. The molecule has 0 heterocycles. The quantitative estimate of drug-likeness (QED) is 0.742. The fraction of sp³-hybridized carbons (Fsp3) is 0.733. The monoisotopic (exact) mass is 238 g/mol. The van der Waals surface area contributed by atoms with E-state index in [-0.39, 0.29) is 10.8 Å². The highest BCUT2D eigenvalue weighted by molar-refractivity contribution is 5.42. The molecule has 2 heteroatoms. The van der Waals surface area contributed by atoms with Crippen LogP contribution in [-0.2, 0) is 0 Å². The first-order chi connectivity index (χ1) is 7.55. The van der Waals surface area contributed by atoms with E-state index < -0.39 is 0 Å². The molecule has 0 aliphatic carbocycles. The fourth-order valence-electron chi connectivity index (χ4n) is 2.28. The minimum absolute atomic E-state index is 0.0950. The lowest BCUT2D eigenvalue weighted by Gasteiger charge is -2.35. The lowest BCUT2D eigenvalue weighted by molar-refractivity contribution is 0.440. The summed E-state index contributed by atoms with van der Waals surface area (Å²) in [6.07, 6.45) is 2.14. The summed E-state index contributed by atoms with van der Waals surface area (Å²) >= 11 is 0. The van der Waals surface area contributed by atoms with Crippen LogP contribution in [0.3, 0.4) is 0 Å². The molecule has 4 N–H and O–H groups in total. The second-order valence-electron chi connectivity index (χ2n) is 6.71. The lowest BCUT2D eigenvalue weighted by Crippen LogP contribution is -2.24. The van der Waals surface area contributed by atoms with Gasteiger partial charge in [-0.3, -0.25) is 0 Å². The molecule has 0 aromatic heterocycles. The highest BCUT2D eigenvalue weighted by Crippen LogP contribution is 2.41. The van der Waals surface area contributed by atoms with Crippen LogP contribution < -0.4 is 11.5 Å². The van der Waals surface area contributed by atoms with Crippen molar-refractivity contribution < 1.29 is 0 Å². The van der Waals surface area contributed by atoms with Crippen molar-refractivity contribution in [3.63, 3.8) is 0 Å². The molecular formula is C15H30N2. The Kier molecular flexibility index (Phi) is 5.63. The zero-order valence-electron chi connectivity index (χ0n) is 12.6. The predicted molar refractivity (Wildman–Crippen MR) is 77.8 cm³/mol. The summed E-state index contributed by atoms with van der Waals surface area (Å²) < 4.78 is 0. The topological polar surface area (TPSA) is 52.0 Å². The molecule has 0 unspecified atom stereocenters. The third-order valence-corrected chi connectivity index (χ3v) is 2.88. The van der Waals surface area contributed by atoms with E-state index in [0.29, 0.717) is 13.1 Å². The SMILES string of the molecule is C/C(CN)=C(/C(=C\CN)C(C)(C)C)C(C)(C)C. The minimum atomic E-state index is 0.0950. The third kappa shape index (κ3) is 4.64. The number of nitrogens with two attached hydrogens (primary N) is 2. The molecule has 100 valence electrons. The largest absolute Gasteiger partial charge is 0.327 e. The zero-order valence-corrected chi connectivity index (χ0v) is 12.6. The Hall–Kier alpha value is -0.600. The van der Waals surface area contributed by atoms with Crippen LogP contribution in [0.25, 0.3) is 0 Å². The van der Waals surface area contributed by atoms with E-state index in [4.69, 9.17) is 11.5 Å². The highest BCUT2D eigenvalue weighted by atomic mass is 14.5. The summed E-state index contributed by atoms with van der Waals surface area (Å²) in [6.45, 7) is 16.7. The fourth-order valence-corrected chi connectivity index (χ4v) is 2.28. The maximum absolute atomic E-state index is 5.83. The Balaban J connectivity index is 5.85. The molecule has 0 fully saturated rings. The van der Waals surface area contributed by atoms with Gasteiger partial charge in [-0.15, -0.1) is 0 Å². The molecule has 0 saturated carbocycles. The molecule has 0 radical (unpaired) electrons. The normalized spacial score (nSPS) is 15.9. The van der Waals surface area contributed by atoms with Crippen molar-refractivity contribution >= 4 is 0 Å². The third-order valence-electron chi connectivity index (χ3n) is 2.88. The van der Waals surface area contributed by atoms with Crippen molar-refractivity contribution in [1.82, 2.24) is 0 Å². The van der Waals surface area contributed by atoms with Gasteiger partial charge < -0.3 is 11.5 Å². The van der Waals surface area contributed by atoms with E-state index in [2.05, 4.69) is 54.5 Å². The number of hydrogen-bond donors (Lipinski definition) is 2. The first-order valence-electron chi connectivity index (χ1n) is 6.37. The standard InChI is InChI=1S/C15H30N2/c1-11(10-17)13(15(5,6)7)12(8-9-16)14(2,3)4/h8H,9-10,16-17H2,1-7H3/b12-8+,13-11+. The molecule has 0 aliphatic rings. The summed E-state index contributed by atoms with van der Waals surface area (Å²) in [6, 6.07) is 0. The van der Waals surface area contributed by atoms with E-state index in [1.165, 1.54) is 16.7 Å². The minimum Gasteiger partial charge on any atom is -0.327 e. The van der Waals surface area contributed by atoms with Gasteiger partial charge in [0.25, 0.3) is 0 Å². The number of hydrogen-bond acceptors (Lipinski definition) is 2. The van der Waals surface area contributed by atoms with Gasteiger partial charge >= 0.3 is 0 Å². The second-order valence-corrected chi connectivity index (χ2v) is 6.71. The first kappa shape index (κ1) is 16.4. The maximum atomic E-state index is 5.83. The van der Waals surface area contributed by atoms with Gasteiger partial charge in [0.1, 0.15) is 0 Å². The van der Waals surface area contributed by atoms with E-state index >= 15 is 0 Å². The Labute approximate surface area is 107 Å². The van der Waals surface area contributed by atoms with Crippen LogP contribution in [0, 0.1) is 10.8 Å². The molecule has 0 atom stereocenters. The van der Waals surface area contributed by atoms with Gasteiger partial charge in [0.05, 0.1) is 0 Å². The molecule has 0 aromatic carbocycles. The average molecular weight is 238 g/mol. The Morgan fingerprint density at radius 3 is 1.65 bits per heavy atom. The summed E-state index contributed by atoms with van der Waals surface area (Å²) in [7, 11) is 0. The molecule has 0 spiro atoms. The van der Waals surface area contributed by atoms with Crippen LogP contribution in [-0.4, -0.2) is 13.1 Å². The average Bonchev–Trinajstić information content (AvgIpc) is 2.13. The number of rotatable bonds is 3. The zero-order chi connectivity index (χ0) is 13.9. The molecule has 0 bridgehead atoms. The van der Waals surface area contributed by atoms with Crippen molar-refractivity contribution in [3.8, 4) is 0 Å². The molecule has 2 nitrogen and oxygen atoms in total. The van der Waals surface area contributed by atoms with Crippen molar-refractivity contribution in [2.75, 3.05) is 13.1 Å². The first-order valence-corrected chi connectivity index (χ1v) is 6.37. The summed E-state index contributed by atoms with van der Waals surface area (Å²) in [5, 5.41) is 0.